The Hall–Kier alpha value is -4.86. The number of imide groups is 2. The molecule has 0 bridgehead atoms. The van der Waals surface area contributed by atoms with Gasteiger partial charge < -0.3 is 9.88 Å². The molecule has 1 unspecified atom stereocenters. The summed E-state index contributed by atoms with van der Waals surface area (Å²) in [6.45, 7) is 3.85. The fourth-order valence-electron chi connectivity index (χ4n) is 5.18. The van der Waals surface area contributed by atoms with Gasteiger partial charge in [0.25, 0.3) is 11.8 Å². The van der Waals surface area contributed by atoms with Crippen molar-refractivity contribution >= 4 is 46.0 Å². The number of rotatable bonds is 4. The van der Waals surface area contributed by atoms with Gasteiger partial charge in [-0.15, -0.1) is 0 Å². The third-order valence-corrected chi connectivity index (χ3v) is 7.19. The number of pyridine rings is 1. The van der Waals surface area contributed by atoms with E-state index in [0.29, 0.717) is 5.69 Å². The molecule has 1 fully saturated rings. The van der Waals surface area contributed by atoms with Crippen LogP contribution in [0.2, 0.25) is 0 Å². The van der Waals surface area contributed by atoms with Gasteiger partial charge >= 0.3 is 0 Å². The molecule has 1 atom stereocenters. The predicted molar refractivity (Wildman–Crippen MR) is 140 cm³/mol. The van der Waals surface area contributed by atoms with E-state index >= 15 is 0 Å². The smallest absolute Gasteiger partial charge is 0.264 e. The van der Waals surface area contributed by atoms with Crippen molar-refractivity contribution in [2.24, 2.45) is 7.05 Å². The molecule has 6 rings (SSSR count). The molecular formula is C28H24N6O4. The van der Waals surface area contributed by atoms with E-state index in [1.165, 1.54) is 0 Å². The summed E-state index contributed by atoms with van der Waals surface area (Å²) in [5.41, 5.74) is 5.94. The molecule has 190 valence electrons. The first kappa shape index (κ1) is 23.5. The summed E-state index contributed by atoms with van der Waals surface area (Å²) in [5, 5.41) is 5.63. The van der Waals surface area contributed by atoms with E-state index in [0.717, 1.165) is 44.3 Å². The van der Waals surface area contributed by atoms with E-state index < -0.39 is 29.7 Å². The zero-order valence-corrected chi connectivity index (χ0v) is 21.0. The number of benzene rings is 2. The Morgan fingerprint density at radius 1 is 0.974 bits per heavy atom. The van der Waals surface area contributed by atoms with Gasteiger partial charge in [0.1, 0.15) is 11.9 Å². The largest absolute Gasteiger partial charge is 0.354 e. The lowest BCUT2D eigenvalue weighted by Gasteiger charge is -2.27. The topological polar surface area (TPSA) is 126 Å². The number of aromatic nitrogens is 3. The van der Waals surface area contributed by atoms with Crippen LogP contribution in [0.4, 0.5) is 11.4 Å². The van der Waals surface area contributed by atoms with Crippen molar-refractivity contribution in [3.05, 3.63) is 71.3 Å². The van der Waals surface area contributed by atoms with Crippen LogP contribution in [0.25, 0.3) is 22.2 Å². The van der Waals surface area contributed by atoms with Gasteiger partial charge in [-0.05, 0) is 62.2 Å². The summed E-state index contributed by atoms with van der Waals surface area (Å²) in [6.07, 6.45) is 1.90. The van der Waals surface area contributed by atoms with Crippen molar-refractivity contribution in [1.82, 2.24) is 24.8 Å². The van der Waals surface area contributed by atoms with E-state index in [4.69, 9.17) is 0 Å². The van der Waals surface area contributed by atoms with Crippen molar-refractivity contribution in [2.45, 2.75) is 32.7 Å². The number of fused-ring (bicyclic) bond motifs is 2. The molecule has 2 aliphatic heterocycles. The van der Waals surface area contributed by atoms with Gasteiger partial charge in [-0.2, -0.15) is 0 Å². The molecule has 2 aromatic carbocycles. The minimum atomic E-state index is -1.03. The zero-order chi connectivity index (χ0) is 26.7. The number of piperidine rings is 1. The van der Waals surface area contributed by atoms with Crippen molar-refractivity contribution in [3.8, 4) is 11.1 Å². The van der Waals surface area contributed by atoms with Gasteiger partial charge in [0, 0.05) is 36.6 Å². The molecule has 1 saturated heterocycles. The Balaban J connectivity index is 1.46. The maximum atomic E-state index is 13.6. The molecule has 0 aliphatic carbocycles. The van der Waals surface area contributed by atoms with Crippen LogP contribution in [0, 0.1) is 13.8 Å². The van der Waals surface area contributed by atoms with E-state index in [9.17, 15) is 19.2 Å². The number of imidazole rings is 1. The lowest BCUT2D eigenvalue weighted by atomic mass is 10.0. The Kier molecular flexibility index (Phi) is 5.34. The van der Waals surface area contributed by atoms with Crippen LogP contribution in [0.3, 0.4) is 0 Å². The average molecular weight is 509 g/mol. The van der Waals surface area contributed by atoms with Gasteiger partial charge in [0.15, 0.2) is 0 Å². The highest BCUT2D eigenvalue weighted by Gasteiger charge is 2.45. The fourth-order valence-corrected chi connectivity index (χ4v) is 5.18. The highest BCUT2D eigenvalue weighted by molar-refractivity contribution is 6.25. The monoisotopic (exact) mass is 508 g/mol. The van der Waals surface area contributed by atoms with Gasteiger partial charge in [0.05, 0.1) is 27.8 Å². The average Bonchev–Trinajstić information content (AvgIpc) is 3.31. The van der Waals surface area contributed by atoms with Gasteiger partial charge in [-0.1, -0.05) is 6.07 Å². The van der Waals surface area contributed by atoms with Crippen molar-refractivity contribution in [1.29, 1.82) is 0 Å². The van der Waals surface area contributed by atoms with Crippen LogP contribution in [0.1, 0.15) is 45.1 Å². The summed E-state index contributed by atoms with van der Waals surface area (Å²) >= 11 is 0. The summed E-state index contributed by atoms with van der Waals surface area (Å²) in [6, 6.07) is 11.8. The van der Waals surface area contributed by atoms with Crippen LogP contribution >= 0.6 is 0 Å². The van der Waals surface area contributed by atoms with E-state index in [-0.39, 0.29) is 24.0 Å². The van der Waals surface area contributed by atoms with Crippen molar-refractivity contribution in [3.63, 3.8) is 0 Å². The first-order valence-corrected chi connectivity index (χ1v) is 12.2. The quantitative estimate of drug-likeness (QED) is 0.405. The number of hydrogen-bond acceptors (Lipinski definition) is 7. The molecule has 2 aliphatic rings. The summed E-state index contributed by atoms with van der Waals surface area (Å²) in [5.74, 6) is -1.31. The maximum absolute atomic E-state index is 13.6. The normalized spacial score (nSPS) is 17.2. The minimum absolute atomic E-state index is 0.0633. The zero-order valence-electron chi connectivity index (χ0n) is 21.0. The van der Waals surface area contributed by atoms with Crippen LogP contribution in [-0.4, -0.2) is 49.1 Å². The lowest BCUT2D eigenvalue weighted by Crippen LogP contribution is -2.54. The van der Waals surface area contributed by atoms with Gasteiger partial charge in [0.2, 0.25) is 11.8 Å². The summed E-state index contributed by atoms with van der Waals surface area (Å²) < 4.78 is 1.98. The molecule has 0 saturated carbocycles. The number of aryl methyl sites for hydroxylation is 3. The van der Waals surface area contributed by atoms with Crippen molar-refractivity contribution < 1.29 is 19.2 Å². The molecule has 38 heavy (non-hydrogen) atoms. The fraction of sp³-hybridized carbons (Fsp3) is 0.214. The van der Waals surface area contributed by atoms with Crippen LogP contribution in [0.5, 0.6) is 0 Å². The molecule has 2 aromatic heterocycles. The number of amides is 4. The van der Waals surface area contributed by atoms with Gasteiger partial charge in [-0.25, -0.2) is 4.98 Å². The number of carbonyl (C=O) groups is 4. The van der Waals surface area contributed by atoms with E-state index in [2.05, 4.69) is 20.6 Å². The number of carbonyl (C=O) groups excluding carboxylic acids is 4. The molecule has 0 spiro atoms. The first-order chi connectivity index (χ1) is 18.2. The predicted octanol–water partition coefficient (Wildman–Crippen LogP) is 3.40. The second-order valence-corrected chi connectivity index (χ2v) is 9.59. The Morgan fingerprint density at radius 2 is 1.79 bits per heavy atom. The standard InChI is InChI=1S/C28H24N6O4/c1-14-11-16(9-10-29-14)18-12-21-23(33(3)15(2)30-21)13-20(18)31-19-6-4-5-17-25(19)28(38)34(27(17)37)22-7-8-24(35)32-26(22)36/h4-6,9-13,22,31H,7-8H2,1-3H3,(H,32,35,36). The second-order valence-electron chi connectivity index (χ2n) is 9.59. The molecule has 2 N–H and O–H groups in total. The maximum Gasteiger partial charge on any atom is 0.264 e. The Bertz CT molecular complexity index is 1710. The first-order valence-electron chi connectivity index (χ1n) is 12.2. The minimum Gasteiger partial charge on any atom is -0.354 e. The number of hydrogen-bond donors (Lipinski definition) is 2. The van der Waals surface area contributed by atoms with E-state index in [1.54, 1.807) is 24.4 Å². The Morgan fingerprint density at radius 3 is 2.55 bits per heavy atom. The number of nitrogens with one attached hydrogen (secondary N) is 2. The lowest BCUT2D eigenvalue weighted by molar-refractivity contribution is -0.136. The third kappa shape index (κ3) is 3.64. The highest BCUT2D eigenvalue weighted by Crippen LogP contribution is 2.38. The molecule has 4 amide bonds. The van der Waals surface area contributed by atoms with E-state index in [1.807, 2.05) is 49.7 Å². The third-order valence-electron chi connectivity index (χ3n) is 7.19. The summed E-state index contributed by atoms with van der Waals surface area (Å²) in [4.78, 5) is 60.9. The highest BCUT2D eigenvalue weighted by atomic mass is 16.2. The second kappa shape index (κ2) is 8.62. The molecule has 4 heterocycles. The number of nitrogens with zero attached hydrogens (tertiary/aromatic N) is 4. The van der Waals surface area contributed by atoms with Crippen LogP contribution in [0.15, 0.2) is 48.7 Å². The SMILES string of the molecule is Cc1cc(-c2cc3nc(C)n(C)c3cc2Nc2cccc3c2C(=O)N(C2CCC(=O)NC2=O)C3=O)ccn1. The molecule has 10 nitrogen and oxygen atoms in total. The summed E-state index contributed by atoms with van der Waals surface area (Å²) in [7, 11) is 1.94. The molecule has 4 aromatic rings. The van der Waals surface area contributed by atoms with Gasteiger partial charge in [-0.3, -0.25) is 34.4 Å². The van der Waals surface area contributed by atoms with Crippen LogP contribution < -0.4 is 10.6 Å². The number of anilines is 2. The molecule has 0 radical (unpaired) electrons. The van der Waals surface area contributed by atoms with Crippen molar-refractivity contribution in [2.75, 3.05) is 5.32 Å². The van der Waals surface area contributed by atoms with Crippen LogP contribution in [-0.2, 0) is 16.6 Å². The molecule has 10 heteroatoms. The Labute approximate surface area is 217 Å². The molecular weight excluding hydrogens is 484 g/mol.